The number of nitrogens with one attached hydrogen (secondary N) is 2. The van der Waals surface area contributed by atoms with Crippen LogP contribution in [0, 0.1) is 5.92 Å². The van der Waals surface area contributed by atoms with E-state index >= 15 is 0 Å². The summed E-state index contributed by atoms with van der Waals surface area (Å²) in [6, 6.07) is 1.87. The monoisotopic (exact) mass is 224 g/mol. The molecule has 0 aliphatic carbocycles. The molecule has 1 aromatic heterocycles. The van der Waals surface area contributed by atoms with Crippen LogP contribution >= 0.6 is 0 Å². The second kappa shape index (κ2) is 7.00. The average molecular weight is 224 g/mol. The lowest BCUT2D eigenvalue weighted by atomic mass is 10.0. The summed E-state index contributed by atoms with van der Waals surface area (Å²) in [6.45, 7) is 3.20. The van der Waals surface area contributed by atoms with Crippen molar-refractivity contribution >= 4 is 11.6 Å². The minimum atomic E-state index is 0.242. The summed E-state index contributed by atoms with van der Waals surface area (Å²) in [5.74, 6) is 2.10. The standard InChI is InChI=1S/C11H20N4O/c1-3-9(4-5-16)7-13-11-6-10(12-2)14-8-15-11/h6,8-9,16H,3-5,7H2,1-2H3,(H2,12,13,14,15). The maximum atomic E-state index is 8.88. The second-order valence-electron chi connectivity index (χ2n) is 3.71. The van der Waals surface area contributed by atoms with Gasteiger partial charge in [-0.2, -0.15) is 0 Å². The zero-order valence-corrected chi connectivity index (χ0v) is 9.90. The lowest BCUT2D eigenvalue weighted by Gasteiger charge is -2.14. The molecule has 0 bridgehead atoms. The molecule has 0 aliphatic heterocycles. The van der Waals surface area contributed by atoms with Crippen molar-refractivity contribution in [2.75, 3.05) is 30.8 Å². The van der Waals surface area contributed by atoms with Crippen molar-refractivity contribution in [2.24, 2.45) is 5.92 Å². The summed E-state index contributed by atoms with van der Waals surface area (Å²) in [5, 5.41) is 15.1. The van der Waals surface area contributed by atoms with Gasteiger partial charge in [0.2, 0.25) is 0 Å². The first-order valence-electron chi connectivity index (χ1n) is 5.64. The van der Waals surface area contributed by atoms with E-state index in [0.717, 1.165) is 31.0 Å². The van der Waals surface area contributed by atoms with Crippen LogP contribution in [0.1, 0.15) is 19.8 Å². The van der Waals surface area contributed by atoms with Crippen molar-refractivity contribution in [3.8, 4) is 0 Å². The highest BCUT2D eigenvalue weighted by molar-refractivity contribution is 5.45. The van der Waals surface area contributed by atoms with Crippen LogP contribution in [0.25, 0.3) is 0 Å². The fourth-order valence-corrected chi connectivity index (χ4v) is 1.47. The molecule has 0 amide bonds. The maximum absolute atomic E-state index is 8.88. The van der Waals surface area contributed by atoms with Gasteiger partial charge in [-0.25, -0.2) is 9.97 Å². The molecule has 3 N–H and O–H groups in total. The molecule has 1 rings (SSSR count). The Morgan fingerprint density at radius 3 is 2.75 bits per heavy atom. The fraction of sp³-hybridized carbons (Fsp3) is 0.636. The molecule has 16 heavy (non-hydrogen) atoms. The van der Waals surface area contributed by atoms with Crippen molar-refractivity contribution in [2.45, 2.75) is 19.8 Å². The second-order valence-corrected chi connectivity index (χ2v) is 3.71. The zero-order valence-electron chi connectivity index (χ0n) is 9.90. The number of aliphatic hydroxyl groups is 1. The van der Waals surface area contributed by atoms with Crippen LogP contribution in [0.3, 0.4) is 0 Å². The van der Waals surface area contributed by atoms with Gasteiger partial charge in [-0.15, -0.1) is 0 Å². The van der Waals surface area contributed by atoms with Gasteiger partial charge in [-0.1, -0.05) is 13.3 Å². The van der Waals surface area contributed by atoms with E-state index in [2.05, 4.69) is 27.5 Å². The lowest BCUT2D eigenvalue weighted by Crippen LogP contribution is -2.15. The molecule has 90 valence electrons. The first kappa shape index (κ1) is 12.7. The minimum absolute atomic E-state index is 0.242. The number of aliphatic hydroxyl groups excluding tert-OH is 1. The predicted molar refractivity (Wildman–Crippen MR) is 65.6 cm³/mol. The summed E-state index contributed by atoms with van der Waals surface area (Å²) < 4.78 is 0. The van der Waals surface area contributed by atoms with Gasteiger partial charge >= 0.3 is 0 Å². The van der Waals surface area contributed by atoms with E-state index in [1.807, 2.05) is 13.1 Å². The van der Waals surface area contributed by atoms with E-state index in [4.69, 9.17) is 5.11 Å². The maximum Gasteiger partial charge on any atom is 0.131 e. The molecule has 5 nitrogen and oxygen atoms in total. The summed E-state index contributed by atoms with van der Waals surface area (Å²) >= 11 is 0. The normalized spacial score (nSPS) is 12.2. The van der Waals surface area contributed by atoms with Gasteiger partial charge in [0.25, 0.3) is 0 Å². The molecular weight excluding hydrogens is 204 g/mol. The highest BCUT2D eigenvalue weighted by atomic mass is 16.3. The third-order valence-corrected chi connectivity index (χ3v) is 2.61. The Bertz CT molecular complexity index is 306. The Labute approximate surface area is 96.3 Å². The largest absolute Gasteiger partial charge is 0.396 e. The molecule has 0 saturated heterocycles. The molecule has 0 aliphatic rings. The predicted octanol–water partition coefficient (Wildman–Crippen LogP) is 1.34. The Kier molecular flexibility index (Phi) is 5.56. The number of nitrogens with zero attached hydrogens (tertiary/aromatic N) is 2. The van der Waals surface area contributed by atoms with Crippen molar-refractivity contribution in [1.82, 2.24) is 9.97 Å². The molecule has 5 heteroatoms. The van der Waals surface area contributed by atoms with E-state index in [1.165, 1.54) is 6.33 Å². The lowest BCUT2D eigenvalue weighted by molar-refractivity contribution is 0.258. The van der Waals surface area contributed by atoms with Crippen LogP contribution in [-0.4, -0.2) is 35.3 Å². The van der Waals surface area contributed by atoms with E-state index in [1.54, 1.807) is 0 Å². The van der Waals surface area contributed by atoms with Crippen molar-refractivity contribution < 1.29 is 5.11 Å². The van der Waals surface area contributed by atoms with Crippen molar-refractivity contribution in [3.05, 3.63) is 12.4 Å². The molecule has 0 radical (unpaired) electrons. The SMILES string of the molecule is CCC(CCO)CNc1cc(NC)ncn1. The van der Waals surface area contributed by atoms with Gasteiger partial charge < -0.3 is 15.7 Å². The van der Waals surface area contributed by atoms with Crippen LogP contribution in [0.2, 0.25) is 0 Å². The van der Waals surface area contributed by atoms with Crippen molar-refractivity contribution in [1.29, 1.82) is 0 Å². The molecule has 1 aromatic rings. The molecule has 0 aromatic carbocycles. The topological polar surface area (TPSA) is 70.1 Å². The molecule has 1 atom stereocenters. The van der Waals surface area contributed by atoms with Gasteiger partial charge in [0, 0.05) is 26.3 Å². The molecule has 0 fully saturated rings. The Hall–Kier alpha value is -1.36. The summed E-state index contributed by atoms with van der Waals surface area (Å²) in [4.78, 5) is 8.17. The molecule has 1 heterocycles. The van der Waals surface area contributed by atoms with Crippen LogP contribution in [-0.2, 0) is 0 Å². The average Bonchev–Trinajstić information content (AvgIpc) is 2.34. The van der Waals surface area contributed by atoms with Crippen LogP contribution in [0.4, 0.5) is 11.6 Å². The van der Waals surface area contributed by atoms with Gasteiger partial charge in [0.05, 0.1) is 0 Å². The van der Waals surface area contributed by atoms with Gasteiger partial charge in [-0.3, -0.25) is 0 Å². The summed E-state index contributed by atoms with van der Waals surface area (Å²) in [6.07, 6.45) is 3.41. The van der Waals surface area contributed by atoms with E-state index in [9.17, 15) is 0 Å². The van der Waals surface area contributed by atoms with Gasteiger partial charge in [0.15, 0.2) is 0 Å². The quantitative estimate of drug-likeness (QED) is 0.652. The highest BCUT2D eigenvalue weighted by Crippen LogP contribution is 2.11. The Morgan fingerprint density at radius 1 is 1.38 bits per heavy atom. The number of hydrogen-bond acceptors (Lipinski definition) is 5. The first-order chi connectivity index (χ1) is 7.80. The molecular formula is C11H20N4O. The molecule has 1 unspecified atom stereocenters. The zero-order chi connectivity index (χ0) is 11.8. The third-order valence-electron chi connectivity index (χ3n) is 2.61. The number of rotatable bonds is 7. The first-order valence-corrected chi connectivity index (χ1v) is 5.64. The van der Waals surface area contributed by atoms with E-state index < -0.39 is 0 Å². The fourth-order valence-electron chi connectivity index (χ4n) is 1.47. The van der Waals surface area contributed by atoms with Gasteiger partial charge in [-0.05, 0) is 12.3 Å². The Balaban J connectivity index is 2.46. The Morgan fingerprint density at radius 2 is 2.12 bits per heavy atom. The number of hydrogen-bond donors (Lipinski definition) is 3. The molecule has 0 saturated carbocycles. The highest BCUT2D eigenvalue weighted by Gasteiger charge is 2.05. The smallest absolute Gasteiger partial charge is 0.131 e. The summed E-state index contributed by atoms with van der Waals surface area (Å²) in [7, 11) is 1.83. The van der Waals surface area contributed by atoms with Crippen LogP contribution in [0.5, 0.6) is 0 Å². The van der Waals surface area contributed by atoms with Crippen molar-refractivity contribution in [3.63, 3.8) is 0 Å². The van der Waals surface area contributed by atoms with E-state index in [0.29, 0.717) is 5.92 Å². The van der Waals surface area contributed by atoms with E-state index in [-0.39, 0.29) is 6.61 Å². The third kappa shape index (κ3) is 4.02. The van der Waals surface area contributed by atoms with Crippen LogP contribution in [0.15, 0.2) is 12.4 Å². The van der Waals surface area contributed by atoms with Gasteiger partial charge in [0.1, 0.15) is 18.0 Å². The van der Waals surface area contributed by atoms with Crippen LogP contribution < -0.4 is 10.6 Å². The summed E-state index contributed by atoms with van der Waals surface area (Å²) in [5.41, 5.74) is 0. The number of aromatic nitrogens is 2. The number of anilines is 2. The minimum Gasteiger partial charge on any atom is -0.396 e. The molecule has 0 spiro atoms.